The number of carbonyl (C=O) groups is 1. The minimum atomic E-state index is -1.15. The van der Waals surface area contributed by atoms with Crippen molar-refractivity contribution in [3.63, 3.8) is 0 Å². The van der Waals surface area contributed by atoms with Crippen LogP contribution in [-0.4, -0.2) is 41.7 Å². The average Bonchev–Trinajstić information content (AvgIpc) is 2.42. The van der Waals surface area contributed by atoms with Crippen LogP contribution in [-0.2, 0) is 0 Å². The van der Waals surface area contributed by atoms with Crippen LogP contribution in [0.1, 0.15) is 36.5 Å². The van der Waals surface area contributed by atoms with Crippen LogP contribution in [0, 0.1) is 5.82 Å². The van der Waals surface area contributed by atoms with Crippen LogP contribution in [0.2, 0.25) is 0 Å². The highest BCUT2D eigenvalue weighted by Gasteiger charge is 2.17. The van der Waals surface area contributed by atoms with Crippen LogP contribution in [0.15, 0.2) is 12.1 Å². The van der Waals surface area contributed by atoms with Gasteiger partial charge in [-0.05, 0) is 45.0 Å². The third-order valence-electron chi connectivity index (χ3n) is 3.75. The Morgan fingerprint density at radius 1 is 1.43 bits per heavy atom. The summed E-state index contributed by atoms with van der Waals surface area (Å²) in [7, 11) is 0. The lowest BCUT2D eigenvalue weighted by molar-refractivity contribution is 0.0698. The Morgan fingerprint density at radius 3 is 2.71 bits per heavy atom. The Bertz CT molecular complexity index is 516. The molecule has 0 amide bonds. The second-order valence-electron chi connectivity index (χ2n) is 5.63. The van der Waals surface area contributed by atoms with Gasteiger partial charge in [-0.1, -0.05) is 6.42 Å². The lowest BCUT2D eigenvalue weighted by atomic mass is 10.1. The first-order valence-electron chi connectivity index (χ1n) is 7.28. The molecule has 6 heteroatoms. The molecule has 0 spiro atoms. The second-order valence-corrected chi connectivity index (χ2v) is 5.63. The van der Waals surface area contributed by atoms with Crippen LogP contribution in [0.5, 0.6) is 0 Å². The molecule has 21 heavy (non-hydrogen) atoms. The summed E-state index contributed by atoms with van der Waals surface area (Å²) in [6.07, 6.45) is 3.67. The number of nitrogens with zero attached hydrogens (tertiary/aromatic N) is 1. The minimum Gasteiger partial charge on any atom is -0.478 e. The zero-order valence-electron chi connectivity index (χ0n) is 12.2. The SMILES string of the molecule is CC(CN1CCCCC1)Nc1cc(C(=O)O)c(N)cc1F. The zero-order chi connectivity index (χ0) is 15.4. The van der Waals surface area contributed by atoms with E-state index < -0.39 is 11.8 Å². The number of hydrogen-bond donors (Lipinski definition) is 3. The first kappa shape index (κ1) is 15.6. The summed E-state index contributed by atoms with van der Waals surface area (Å²) < 4.78 is 13.9. The Hall–Kier alpha value is -1.82. The van der Waals surface area contributed by atoms with Gasteiger partial charge in [0, 0.05) is 18.3 Å². The molecule has 116 valence electrons. The molecule has 0 saturated carbocycles. The van der Waals surface area contributed by atoms with Crippen LogP contribution < -0.4 is 11.1 Å². The molecule has 1 aromatic rings. The molecule has 1 aromatic carbocycles. The summed E-state index contributed by atoms with van der Waals surface area (Å²) in [6.45, 7) is 4.91. The van der Waals surface area contributed by atoms with E-state index in [9.17, 15) is 9.18 Å². The van der Waals surface area contributed by atoms with Crippen LogP contribution in [0.4, 0.5) is 15.8 Å². The van der Waals surface area contributed by atoms with E-state index in [4.69, 9.17) is 10.8 Å². The Labute approximate surface area is 123 Å². The van der Waals surface area contributed by atoms with Crippen molar-refractivity contribution in [2.45, 2.75) is 32.2 Å². The highest BCUT2D eigenvalue weighted by molar-refractivity contribution is 5.94. The van der Waals surface area contributed by atoms with Gasteiger partial charge in [0.05, 0.1) is 11.3 Å². The molecule has 1 aliphatic rings. The number of hydrogen-bond acceptors (Lipinski definition) is 4. The number of aromatic carboxylic acids is 1. The van der Waals surface area contributed by atoms with Gasteiger partial charge < -0.3 is 21.1 Å². The largest absolute Gasteiger partial charge is 0.478 e. The lowest BCUT2D eigenvalue weighted by Gasteiger charge is -2.29. The highest BCUT2D eigenvalue weighted by Crippen LogP contribution is 2.23. The van der Waals surface area contributed by atoms with Crippen molar-refractivity contribution in [2.75, 3.05) is 30.7 Å². The molecule has 4 N–H and O–H groups in total. The molecule has 1 aliphatic heterocycles. The van der Waals surface area contributed by atoms with E-state index in [2.05, 4.69) is 10.2 Å². The van der Waals surface area contributed by atoms with E-state index >= 15 is 0 Å². The molecule has 1 fully saturated rings. The Morgan fingerprint density at radius 2 is 2.10 bits per heavy atom. The third kappa shape index (κ3) is 4.07. The number of rotatable bonds is 5. The molecule has 0 bridgehead atoms. The quantitative estimate of drug-likeness (QED) is 0.727. The fourth-order valence-electron chi connectivity index (χ4n) is 2.72. The number of carboxylic acid groups (broad SMARTS) is 1. The topological polar surface area (TPSA) is 78.6 Å². The molecule has 2 rings (SSSR count). The maximum atomic E-state index is 13.9. The van der Waals surface area contributed by atoms with Gasteiger partial charge in [-0.2, -0.15) is 0 Å². The molecule has 0 aromatic heterocycles. The van der Waals surface area contributed by atoms with Gasteiger partial charge in [0.1, 0.15) is 5.82 Å². The van der Waals surface area contributed by atoms with Gasteiger partial charge in [0.2, 0.25) is 0 Å². The molecule has 1 heterocycles. The van der Waals surface area contributed by atoms with Gasteiger partial charge >= 0.3 is 5.97 Å². The highest BCUT2D eigenvalue weighted by atomic mass is 19.1. The van der Waals surface area contributed by atoms with Gasteiger partial charge in [0.15, 0.2) is 0 Å². The second kappa shape index (κ2) is 6.76. The van der Waals surface area contributed by atoms with Crippen LogP contribution in [0.3, 0.4) is 0 Å². The first-order valence-corrected chi connectivity index (χ1v) is 7.28. The molecule has 0 radical (unpaired) electrons. The number of nitrogen functional groups attached to an aromatic ring is 1. The van der Waals surface area contributed by atoms with Crippen molar-refractivity contribution < 1.29 is 14.3 Å². The first-order chi connectivity index (χ1) is 9.97. The number of halogens is 1. The predicted molar refractivity (Wildman–Crippen MR) is 81.1 cm³/mol. The van der Waals surface area contributed by atoms with Crippen LogP contribution >= 0.6 is 0 Å². The van der Waals surface area contributed by atoms with Crippen molar-refractivity contribution in [3.05, 3.63) is 23.5 Å². The maximum Gasteiger partial charge on any atom is 0.337 e. The Balaban J connectivity index is 2.04. The van der Waals surface area contributed by atoms with Gasteiger partial charge in [-0.15, -0.1) is 0 Å². The monoisotopic (exact) mass is 295 g/mol. The van der Waals surface area contributed by atoms with Crippen molar-refractivity contribution in [2.24, 2.45) is 0 Å². The molecule has 1 saturated heterocycles. The van der Waals surface area contributed by atoms with Gasteiger partial charge in [-0.3, -0.25) is 0 Å². The van der Waals surface area contributed by atoms with E-state index in [0.29, 0.717) is 0 Å². The van der Waals surface area contributed by atoms with Crippen molar-refractivity contribution >= 4 is 17.3 Å². The Kier molecular flexibility index (Phi) is 5.01. The zero-order valence-corrected chi connectivity index (χ0v) is 12.2. The standard InChI is InChI=1S/C15H22FN3O2/c1-10(9-19-5-3-2-4-6-19)18-14-7-11(15(20)21)13(17)8-12(14)16/h7-8,10,18H,2-6,9,17H2,1H3,(H,20,21). The normalized spacial score (nSPS) is 17.4. The summed E-state index contributed by atoms with van der Waals surface area (Å²) in [6, 6.07) is 2.35. The van der Waals surface area contributed by atoms with Crippen molar-refractivity contribution in [3.8, 4) is 0 Å². The molecule has 5 nitrogen and oxygen atoms in total. The molecular weight excluding hydrogens is 273 g/mol. The third-order valence-corrected chi connectivity index (χ3v) is 3.75. The van der Waals surface area contributed by atoms with E-state index in [-0.39, 0.29) is 23.0 Å². The molecule has 1 unspecified atom stereocenters. The number of nitrogens with one attached hydrogen (secondary N) is 1. The molecule has 1 atom stereocenters. The number of benzene rings is 1. The summed E-state index contributed by atoms with van der Waals surface area (Å²) in [4.78, 5) is 13.4. The number of carboxylic acids is 1. The smallest absolute Gasteiger partial charge is 0.337 e. The number of likely N-dealkylation sites (tertiary alicyclic amines) is 1. The van der Waals surface area contributed by atoms with Gasteiger partial charge in [-0.25, -0.2) is 9.18 Å². The average molecular weight is 295 g/mol. The summed E-state index contributed by atoms with van der Waals surface area (Å²) in [5.41, 5.74) is 5.56. The lowest BCUT2D eigenvalue weighted by Crippen LogP contribution is -2.38. The van der Waals surface area contributed by atoms with E-state index in [1.807, 2.05) is 6.92 Å². The van der Waals surface area contributed by atoms with E-state index in [1.54, 1.807) is 0 Å². The molecule has 0 aliphatic carbocycles. The molecular formula is C15H22FN3O2. The van der Waals surface area contributed by atoms with Crippen molar-refractivity contribution in [1.82, 2.24) is 4.90 Å². The van der Waals surface area contributed by atoms with Gasteiger partial charge in [0.25, 0.3) is 0 Å². The number of anilines is 2. The van der Waals surface area contributed by atoms with E-state index in [0.717, 1.165) is 25.7 Å². The summed E-state index contributed by atoms with van der Waals surface area (Å²) >= 11 is 0. The number of piperidine rings is 1. The van der Waals surface area contributed by atoms with E-state index in [1.165, 1.54) is 25.3 Å². The van der Waals surface area contributed by atoms with Crippen molar-refractivity contribution in [1.29, 1.82) is 0 Å². The fraction of sp³-hybridized carbons (Fsp3) is 0.533. The maximum absolute atomic E-state index is 13.9. The number of nitrogens with two attached hydrogens (primary N) is 1. The predicted octanol–water partition coefficient (Wildman–Crippen LogP) is 2.39. The summed E-state index contributed by atoms with van der Waals surface area (Å²) in [5.74, 6) is -1.68. The minimum absolute atomic E-state index is 0.0304. The fourth-order valence-corrected chi connectivity index (χ4v) is 2.72. The summed E-state index contributed by atoms with van der Waals surface area (Å²) in [5, 5.41) is 12.1. The van der Waals surface area contributed by atoms with Crippen LogP contribution in [0.25, 0.3) is 0 Å².